The molecule has 1 saturated carbocycles. The van der Waals surface area contributed by atoms with Gasteiger partial charge in [-0.2, -0.15) is 0 Å². The molecule has 18 heavy (non-hydrogen) atoms. The number of benzene rings is 1. The number of hydrogen-bond donors (Lipinski definition) is 1. The third kappa shape index (κ3) is 3.16. The lowest BCUT2D eigenvalue weighted by Gasteiger charge is -2.22. The van der Waals surface area contributed by atoms with Gasteiger partial charge < -0.3 is 10.5 Å². The second kappa shape index (κ2) is 5.18. The van der Waals surface area contributed by atoms with Crippen LogP contribution in [0.3, 0.4) is 0 Å². The smallest absolute Gasteiger partial charge is 0.405 e. The maximum atomic E-state index is 12.3. The average Bonchev–Trinajstić information content (AvgIpc) is 2.80. The third-order valence-electron chi connectivity index (χ3n) is 3.41. The largest absolute Gasteiger partial charge is 0.573 e. The van der Waals surface area contributed by atoms with E-state index in [1.165, 1.54) is 12.1 Å². The number of rotatable bonds is 3. The van der Waals surface area contributed by atoms with Crippen molar-refractivity contribution in [1.29, 1.82) is 0 Å². The van der Waals surface area contributed by atoms with E-state index in [2.05, 4.69) is 4.74 Å². The highest BCUT2D eigenvalue weighted by Crippen LogP contribution is 2.38. The van der Waals surface area contributed by atoms with Crippen molar-refractivity contribution in [3.8, 4) is 5.75 Å². The first kappa shape index (κ1) is 13.2. The summed E-state index contributed by atoms with van der Waals surface area (Å²) in [7, 11) is 0. The van der Waals surface area contributed by atoms with Crippen LogP contribution in [0.15, 0.2) is 24.3 Å². The summed E-state index contributed by atoms with van der Waals surface area (Å²) in [6, 6.07) is 5.76. The predicted molar refractivity (Wildman–Crippen MR) is 62.0 cm³/mol. The molecular formula is C13H16F3NO. The molecule has 1 aliphatic rings. The fourth-order valence-corrected chi connectivity index (χ4v) is 2.54. The van der Waals surface area contributed by atoms with E-state index in [9.17, 15) is 13.2 Å². The Bertz CT molecular complexity index is 399. The van der Waals surface area contributed by atoms with Crippen LogP contribution in [0.2, 0.25) is 0 Å². The molecule has 1 aromatic rings. The monoisotopic (exact) mass is 259 g/mol. The van der Waals surface area contributed by atoms with Crippen molar-refractivity contribution in [2.45, 2.75) is 38.1 Å². The summed E-state index contributed by atoms with van der Waals surface area (Å²) in [6.45, 7) is 0. The Morgan fingerprint density at radius 3 is 2.39 bits per heavy atom. The Hall–Kier alpha value is -1.23. The molecule has 0 amide bonds. The van der Waals surface area contributed by atoms with Gasteiger partial charge in [0.05, 0.1) is 0 Å². The molecule has 1 aliphatic carbocycles. The Morgan fingerprint density at radius 2 is 1.78 bits per heavy atom. The van der Waals surface area contributed by atoms with E-state index < -0.39 is 6.36 Å². The zero-order valence-electron chi connectivity index (χ0n) is 9.91. The van der Waals surface area contributed by atoms with Crippen molar-refractivity contribution in [1.82, 2.24) is 0 Å². The highest BCUT2D eigenvalue weighted by atomic mass is 19.4. The van der Waals surface area contributed by atoms with Gasteiger partial charge in [-0.1, -0.05) is 31.0 Å². The molecular weight excluding hydrogens is 243 g/mol. The van der Waals surface area contributed by atoms with Crippen LogP contribution in [0.25, 0.3) is 0 Å². The van der Waals surface area contributed by atoms with Crippen molar-refractivity contribution < 1.29 is 17.9 Å². The van der Waals surface area contributed by atoms with Crippen LogP contribution in [-0.4, -0.2) is 6.36 Å². The molecule has 100 valence electrons. The molecule has 1 fully saturated rings. The average molecular weight is 259 g/mol. The topological polar surface area (TPSA) is 35.2 Å². The Balaban J connectivity index is 2.20. The molecule has 0 spiro atoms. The number of nitrogens with two attached hydrogens (primary N) is 1. The van der Waals surface area contributed by atoms with Gasteiger partial charge in [-0.15, -0.1) is 13.2 Å². The number of halogens is 3. The zero-order valence-corrected chi connectivity index (χ0v) is 9.91. The summed E-state index contributed by atoms with van der Waals surface area (Å²) in [6.07, 6.45) is -0.532. The van der Waals surface area contributed by atoms with Crippen LogP contribution in [0.5, 0.6) is 5.75 Å². The van der Waals surface area contributed by atoms with Gasteiger partial charge in [-0.3, -0.25) is 0 Å². The minimum Gasteiger partial charge on any atom is -0.405 e. The highest BCUT2D eigenvalue weighted by Gasteiger charge is 2.33. The molecule has 0 aliphatic heterocycles. The summed E-state index contributed by atoms with van der Waals surface area (Å²) in [4.78, 5) is 0. The molecule has 0 saturated heterocycles. The van der Waals surface area contributed by atoms with Crippen LogP contribution in [0.4, 0.5) is 13.2 Å². The van der Waals surface area contributed by atoms with E-state index in [0.717, 1.165) is 25.7 Å². The van der Waals surface area contributed by atoms with E-state index in [1.807, 2.05) is 0 Å². The molecule has 0 heterocycles. The second-order valence-electron chi connectivity index (χ2n) is 4.66. The van der Waals surface area contributed by atoms with Gasteiger partial charge >= 0.3 is 6.36 Å². The normalized spacial score (nSPS) is 18.9. The highest BCUT2D eigenvalue weighted by molar-refractivity contribution is 5.36. The van der Waals surface area contributed by atoms with Crippen molar-refractivity contribution in [2.75, 3.05) is 0 Å². The fraction of sp³-hybridized carbons (Fsp3) is 0.538. The molecule has 2 rings (SSSR count). The Kier molecular flexibility index (Phi) is 3.80. The molecule has 1 aromatic carbocycles. The predicted octanol–water partition coefficient (Wildman–Crippen LogP) is 3.78. The lowest BCUT2D eigenvalue weighted by Crippen LogP contribution is -2.23. The minimum atomic E-state index is -4.68. The van der Waals surface area contributed by atoms with Crippen molar-refractivity contribution in [3.05, 3.63) is 29.8 Å². The molecule has 0 unspecified atom stereocenters. The van der Waals surface area contributed by atoms with E-state index in [-0.39, 0.29) is 17.7 Å². The SMILES string of the molecule is N[C@H](c1ccccc1OC(F)(F)F)C1CCCC1. The first-order chi connectivity index (χ1) is 8.47. The van der Waals surface area contributed by atoms with Crippen LogP contribution in [0, 0.1) is 5.92 Å². The summed E-state index contributed by atoms with van der Waals surface area (Å²) < 4.78 is 40.9. The standard InChI is InChI=1S/C13H16F3NO/c14-13(15,16)18-11-8-4-3-7-10(11)12(17)9-5-1-2-6-9/h3-4,7-9,12H,1-2,5-6,17H2/t12-/m0/s1. The third-order valence-corrected chi connectivity index (χ3v) is 3.41. The van der Waals surface area contributed by atoms with Gasteiger partial charge in [-0.05, 0) is 24.8 Å². The van der Waals surface area contributed by atoms with Crippen molar-refractivity contribution in [3.63, 3.8) is 0 Å². The summed E-state index contributed by atoms with van der Waals surface area (Å²) >= 11 is 0. The van der Waals surface area contributed by atoms with Gasteiger partial charge in [0.25, 0.3) is 0 Å². The van der Waals surface area contributed by atoms with Gasteiger partial charge in [0.1, 0.15) is 5.75 Å². The Labute approximate surface area is 104 Å². The van der Waals surface area contributed by atoms with E-state index in [4.69, 9.17) is 5.73 Å². The number of para-hydroxylation sites is 1. The summed E-state index contributed by atoms with van der Waals surface area (Å²) in [5.74, 6) is 0.0763. The number of hydrogen-bond acceptors (Lipinski definition) is 2. The Morgan fingerprint density at radius 1 is 1.17 bits per heavy atom. The molecule has 0 radical (unpaired) electrons. The minimum absolute atomic E-state index is 0.176. The molecule has 2 N–H and O–H groups in total. The van der Waals surface area contributed by atoms with E-state index >= 15 is 0 Å². The second-order valence-corrected chi connectivity index (χ2v) is 4.66. The lowest BCUT2D eigenvalue weighted by atomic mass is 9.92. The van der Waals surface area contributed by atoms with Crippen LogP contribution < -0.4 is 10.5 Å². The van der Waals surface area contributed by atoms with E-state index in [0.29, 0.717) is 5.56 Å². The molecule has 1 atom stereocenters. The first-order valence-electron chi connectivity index (χ1n) is 6.07. The molecule has 2 nitrogen and oxygen atoms in total. The quantitative estimate of drug-likeness (QED) is 0.896. The van der Waals surface area contributed by atoms with E-state index in [1.54, 1.807) is 12.1 Å². The first-order valence-corrected chi connectivity index (χ1v) is 6.07. The molecule has 0 aromatic heterocycles. The molecule has 5 heteroatoms. The lowest BCUT2D eigenvalue weighted by molar-refractivity contribution is -0.275. The van der Waals surface area contributed by atoms with Gasteiger partial charge in [0.2, 0.25) is 0 Å². The molecule has 0 bridgehead atoms. The van der Waals surface area contributed by atoms with Crippen LogP contribution in [0.1, 0.15) is 37.3 Å². The van der Waals surface area contributed by atoms with Gasteiger partial charge in [-0.25, -0.2) is 0 Å². The van der Waals surface area contributed by atoms with Crippen molar-refractivity contribution in [2.24, 2.45) is 11.7 Å². The van der Waals surface area contributed by atoms with Crippen LogP contribution in [-0.2, 0) is 0 Å². The summed E-state index contributed by atoms with van der Waals surface area (Å²) in [5, 5.41) is 0. The maximum Gasteiger partial charge on any atom is 0.573 e. The van der Waals surface area contributed by atoms with Gasteiger partial charge in [0, 0.05) is 11.6 Å². The maximum absolute atomic E-state index is 12.3. The summed E-state index contributed by atoms with van der Waals surface area (Å²) in [5.41, 5.74) is 6.52. The fourth-order valence-electron chi connectivity index (χ4n) is 2.54. The van der Waals surface area contributed by atoms with Gasteiger partial charge in [0.15, 0.2) is 0 Å². The van der Waals surface area contributed by atoms with Crippen LogP contribution >= 0.6 is 0 Å². The zero-order chi connectivity index (χ0) is 13.2. The number of alkyl halides is 3. The number of ether oxygens (including phenoxy) is 1. The van der Waals surface area contributed by atoms with Crippen molar-refractivity contribution >= 4 is 0 Å².